The van der Waals surface area contributed by atoms with Crippen molar-refractivity contribution in [2.75, 3.05) is 39.4 Å². The van der Waals surface area contributed by atoms with Gasteiger partial charge in [-0.15, -0.1) is 0 Å². The Balaban J connectivity index is 1.41. The second kappa shape index (κ2) is 12.1. The number of ether oxygens (including phenoxy) is 2. The summed E-state index contributed by atoms with van der Waals surface area (Å²) in [5.74, 6) is 0.669. The molecule has 7 nitrogen and oxygen atoms in total. The Morgan fingerprint density at radius 2 is 1.85 bits per heavy atom. The summed E-state index contributed by atoms with van der Waals surface area (Å²) in [6.45, 7) is 6.06. The van der Waals surface area contributed by atoms with Gasteiger partial charge in [-0.25, -0.2) is 0 Å². The minimum Gasteiger partial charge on any atom is -0.489 e. The third-order valence-electron chi connectivity index (χ3n) is 5.63. The number of hydrogen-bond acceptors (Lipinski definition) is 6. The van der Waals surface area contributed by atoms with Gasteiger partial charge in [-0.05, 0) is 48.4 Å². The molecule has 4 rings (SSSR count). The topological polar surface area (TPSA) is 67.8 Å². The van der Waals surface area contributed by atoms with E-state index >= 15 is 0 Å². The molecule has 0 unspecified atom stereocenters. The smallest absolute Gasteiger partial charge is 0.254 e. The number of rotatable bonds is 10. The van der Waals surface area contributed by atoms with Crippen molar-refractivity contribution in [1.82, 2.24) is 19.8 Å². The molecule has 7 heteroatoms. The van der Waals surface area contributed by atoms with E-state index in [0.29, 0.717) is 31.0 Å². The van der Waals surface area contributed by atoms with Gasteiger partial charge in [-0.1, -0.05) is 12.1 Å². The molecule has 0 radical (unpaired) electrons. The largest absolute Gasteiger partial charge is 0.489 e. The summed E-state index contributed by atoms with van der Waals surface area (Å²) in [7, 11) is 0. The molecule has 0 N–H and O–H groups in total. The lowest BCUT2D eigenvalue weighted by atomic mass is 10.1. The van der Waals surface area contributed by atoms with Crippen LogP contribution in [0.3, 0.4) is 0 Å². The Labute approximate surface area is 195 Å². The quantitative estimate of drug-likeness (QED) is 0.475. The van der Waals surface area contributed by atoms with Gasteiger partial charge in [-0.2, -0.15) is 0 Å². The molecule has 172 valence electrons. The molecule has 0 saturated carbocycles. The highest BCUT2D eigenvalue weighted by Crippen LogP contribution is 2.18. The Hall–Kier alpha value is -3.29. The van der Waals surface area contributed by atoms with E-state index in [1.807, 2.05) is 53.4 Å². The number of amides is 1. The summed E-state index contributed by atoms with van der Waals surface area (Å²) in [6.07, 6.45) is 7.95. The summed E-state index contributed by atoms with van der Waals surface area (Å²) in [6, 6.07) is 15.2. The van der Waals surface area contributed by atoms with Gasteiger partial charge in [0.25, 0.3) is 5.91 Å². The first kappa shape index (κ1) is 22.9. The predicted molar refractivity (Wildman–Crippen MR) is 126 cm³/mol. The number of carbonyl (C=O) groups is 1. The number of carbonyl (C=O) groups excluding carboxylic acids is 1. The Morgan fingerprint density at radius 3 is 2.64 bits per heavy atom. The lowest BCUT2D eigenvalue weighted by molar-refractivity contribution is 0.0355. The number of pyridine rings is 2. The van der Waals surface area contributed by atoms with Crippen molar-refractivity contribution in [1.29, 1.82) is 0 Å². The van der Waals surface area contributed by atoms with Crippen LogP contribution in [-0.2, 0) is 17.9 Å². The molecule has 3 heterocycles. The van der Waals surface area contributed by atoms with Crippen molar-refractivity contribution in [3.63, 3.8) is 0 Å². The minimum atomic E-state index is 0.000572. The molecule has 33 heavy (non-hydrogen) atoms. The van der Waals surface area contributed by atoms with E-state index < -0.39 is 0 Å². The fourth-order valence-corrected chi connectivity index (χ4v) is 3.82. The molecular formula is C26H30N4O3. The highest BCUT2D eigenvalue weighted by molar-refractivity contribution is 5.94. The second-order valence-corrected chi connectivity index (χ2v) is 8.07. The van der Waals surface area contributed by atoms with Crippen molar-refractivity contribution in [2.45, 2.75) is 19.6 Å². The molecule has 1 saturated heterocycles. The Bertz CT molecular complexity index is 995. The van der Waals surface area contributed by atoms with E-state index in [9.17, 15) is 4.79 Å². The molecule has 1 fully saturated rings. The van der Waals surface area contributed by atoms with E-state index in [2.05, 4.69) is 14.9 Å². The Kier molecular flexibility index (Phi) is 8.38. The van der Waals surface area contributed by atoms with Crippen LogP contribution in [0.15, 0.2) is 73.3 Å². The van der Waals surface area contributed by atoms with E-state index in [-0.39, 0.29) is 5.91 Å². The van der Waals surface area contributed by atoms with Gasteiger partial charge in [0.1, 0.15) is 12.4 Å². The van der Waals surface area contributed by atoms with Crippen LogP contribution in [0.5, 0.6) is 5.75 Å². The molecular weight excluding hydrogens is 416 g/mol. The monoisotopic (exact) mass is 446 g/mol. The predicted octanol–water partition coefficient (Wildman–Crippen LogP) is 3.42. The summed E-state index contributed by atoms with van der Waals surface area (Å²) < 4.78 is 11.3. The van der Waals surface area contributed by atoms with Gasteiger partial charge < -0.3 is 14.4 Å². The van der Waals surface area contributed by atoms with Gasteiger partial charge in [-0.3, -0.25) is 19.7 Å². The highest BCUT2D eigenvalue weighted by atomic mass is 16.5. The maximum atomic E-state index is 13.5. The van der Waals surface area contributed by atoms with Crippen molar-refractivity contribution < 1.29 is 14.3 Å². The number of morpholine rings is 1. The van der Waals surface area contributed by atoms with Gasteiger partial charge in [0.15, 0.2) is 0 Å². The molecule has 3 aromatic rings. The molecule has 1 aliphatic rings. The number of benzene rings is 1. The van der Waals surface area contributed by atoms with Crippen LogP contribution in [0.1, 0.15) is 27.9 Å². The number of hydrogen-bond donors (Lipinski definition) is 0. The summed E-state index contributed by atoms with van der Waals surface area (Å²) in [5, 5.41) is 0. The van der Waals surface area contributed by atoms with E-state index in [1.165, 1.54) is 0 Å². The van der Waals surface area contributed by atoms with E-state index in [0.717, 1.165) is 50.4 Å². The average molecular weight is 447 g/mol. The van der Waals surface area contributed by atoms with Gasteiger partial charge >= 0.3 is 0 Å². The lowest BCUT2D eigenvalue weighted by Crippen LogP contribution is -2.39. The molecule has 1 aromatic carbocycles. The molecule has 0 spiro atoms. The molecule has 1 aliphatic heterocycles. The lowest BCUT2D eigenvalue weighted by Gasteiger charge is -2.28. The zero-order chi connectivity index (χ0) is 22.7. The summed E-state index contributed by atoms with van der Waals surface area (Å²) >= 11 is 0. The first-order chi connectivity index (χ1) is 16.3. The maximum Gasteiger partial charge on any atom is 0.254 e. The fraction of sp³-hybridized carbons (Fsp3) is 0.346. The van der Waals surface area contributed by atoms with Crippen LogP contribution in [0.2, 0.25) is 0 Å². The average Bonchev–Trinajstić information content (AvgIpc) is 2.88. The van der Waals surface area contributed by atoms with Gasteiger partial charge in [0, 0.05) is 68.6 Å². The summed E-state index contributed by atoms with van der Waals surface area (Å²) in [4.78, 5) is 26.0. The van der Waals surface area contributed by atoms with Crippen LogP contribution in [0.25, 0.3) is 0 Å². The third kappa shape index (κ3) is 7.10. The SMILES string of the molecule is O=C(c1cccc(OCc2cccnc2)c1)N(CCCN1CCOCC1)Cc1ccncc1. The second-order valence-electron chi connectivity index (χ2n) is 8.07. The van der Waals surface area contributed by atoms with Crippen molar-refractivity contribution in [2.24, 2.45) is 0 Å². The zero-order valence-corrected chi connectivity index (χ0v) is 18.8. The molecule has 0 atom stereocenters. The molecule has 0 aliphatic carbocycles. The van der Waals surface area contributed by atoms with Crippen LogP contribution >= 0.6 is 0 Å². The van der Waals surface area contributed by atoms with Crippen LogP contribution in [0, 0.1) is 0 Å². The normalized spacial score (nSPS) is 14.1. The molecule has 0 bridgehead atoms. The van der Waals surface area contributed by atoms with E-state index in [4.69, 9.17) is 9.47 Å². The van der Waals surface area contributed by atoms with Crippen LogP contribution in [0.4, 0.5) is 0 Å². The van der Waals surface area contributed by atoms with Crippen LogP contribution in [-0.4, -0.2) is 65.1 Å². The first-order valence-corrected chi connectivity index (χ1v) is 11.4. The first-order valence-electron chi connectivity index (χ1n) is 11.4. The summed E-state index contributed by atoms with van der Waals surface area (Å²) in [5.41, 5.74) is 2.67. The third-order valence-corrected chi connectivity index (χ3v) is 5.63. The van der Waals surface area contributed by atoms with Crippen molar-refractivity contribution in [3.8, 4) is 5.75 Å². The molecule has 1 amide bonds. The van der Waals surface area contributed by atoms with Crippen LogP contribution < -0.4 is 4.74 Å². The highest BCUT2D eigenvalue weighted by Gasteiger charge is 2.18. The standard InChI is InChI=1S/C26H30N4O3/c31-26(24-5-1-6-25(18-24)33-21-23-4-2-9-28-19-23)30(20-22-7-10-27-11-8-22)13-3-12-29-14-16-32-17-15-29/h1-2,4-11,18-19H,3,12-17,20-21H2. The van der Waals surface area contributed by atoms with E-state index in [1.54, 1.807) is 24.8 Å². The van der Waals surface area contributed by atoms with Crippen molar-refractivity contribution >= 4 is 5.91 Å². The number of nitrogens with zero attached hydrogens (tertiary/aromatic N) is 4. The fourth-order valence-electron chi connectivity index (χ4n) is 3.82. The minimum absolute atomic E-state index is 0.000572. The number of aromatic nitrogens is 2. The zero-order valence-electron chi connectivity index (χ0n) is 18.8. The Morgan fingerprint density at radius 1 is 1.00 bits per heavy atom. The van der Waals surface area contributed by atoms with Gasteiger partial charge in [0.05, 0.1) is 13.2 Å². The van der Waals surface area contributed by atoms with Gasteiger partial charge in [0.2, 0.25) is 0 Å². The van der Waals surface area contributed by atoms with Crippen molar-refractivity contribution in [3.05, 3.63) is 90.0 Å². The maximum absolute atomic E-state index is 13.5. The molecule has 2 aromatic heterocycles.